The average Bonchev–Trinajstić information content (AvgIpc) is 3.29. The molecule has 4 N–H and O–H groups in total. The van der Waals surface area contributed by atoms with Gasteiger partial charge in [-0.2, -0.15) is 0 Å². The first-order valence-corrected chi connectivity index (χ1v) is 11.4. The monoisotopic (exact) mass is 481 g/mol. The van der Waals surface area contributed by atoms with Crippen LogP contribution in [0.1, 0.15) is 31.1 Å². The van der Waals surface area contributed by atoms with Gasteiger partial charge in [0.05, 0.1) is 22.3 Å². The summed E-state index contributed by atoms with van der Waals surface area (Å²) < 4.78 is 16.6. The molecule has 1 aliphatic carbocycles. The van der Waals surface area contributed by atoms with E-state index in [1.807, 2.05) is 36.8 Å². The van der Waals surface area contributed by atoms with Gasteiger partial charge in [-0.3, -0.25) is 0 Å². The first-order chi connectivity index (χ1) is 16.1. The zero-order valence-corrected chi connectivity index (χ0v) is 19.8. The fourth-order valence-corrected chi connectivity index (χ4v) is 5.19. The fraction of sp³-hybridized carbons (Fsp3) is 0.320. The van der Waals surface area contributed by atoms with Gasteiger partial charge in [0.2, 0.25) is 0 Å². The molecule has 1 aliphatic rings. The van der Waals surface area contributed by atoms with Crippen LogP contribution in [0, 0.1) is 18.7 Å². The van der Waals surface area contributed by atoms with E-state index >= 15 is 0 Å². The van der Waals surface area contributed by atoms with Crippen LogP contribution in [0.5, 0.6) is 0 Å². The number of nitrogens with two attached hydrogens (primary N) is 1. The Morgan fingerprint density at radius 3 is 2.79 bits per heavy atom. The van der Waals surface area contributed by atoms with Crippen LogP contribution in [-0.2, 0) is 6.42 Å². The van der Waals surface area contributed by atoms with Gasteiger partial charge in [0.1, 0.15) is 35.3 Å². The molecule has 7 nitrogen and oxygen atoms in total. The minimum atomic E-state index is -1.46. The summed E-state index contributed by atoms with van der Waals surface area (Å²) in [5.74, 6) is -0.480. The minimum absolute atomic E-state index is 0.143. The maximum atomic E-state index is 14.8. The SMILES string of the molecule is Cc1ncnc2c1ccn2C1C=C(C(C)Cc2cc(F)c3cc(Cl)c(N)nc3c2)C(C)(O)[C@@H]1O. The molecule has 4 aromatic rings. The third kappa shape index (κ3) is 3.53. The molecule has 0 spiro atoms. The van der Waals surface area contributed by atoms with Gasteiger partial charge < -0.3 is 20.5 Å². The van der Waals surface area contributed by atoms with Crippen molar-refractivity contribution in [3.05, 3.63) is 70.5 Å². The van der Waals surface area contributed by atoms with E-state index in [-0.39, 0.29) is 16.8 Å². The summed E-state index contributed by atoms with van der Waals surface area (Å²) >= 11 is 5.99. The molecular formula is C25H25ClFN5O2. The first kappa shape index (κ1) is 22.7. The van der Waals surface area contributed by atoms with E-state index < -0.39 is 23.6 Å². The predicted molar refractivity (Wildman–Crippen MR) is 130 cm³/mol. The number of pyridine rings is 1. The minimum Gasteiger partial charge on any atom is -0.387 e. The van der Waals surface area contributed by atoms with Crippen molar-refractivity contribution < 1.29 is 14.6 Å². The summed E-state index contributed by atoms with van der Waals surface area (Å²) in [4.78, 5) is 12.8. The zero-order valence-electron chi connectivity index (χ0n) is 19.0. The molecule has 0 aliphatic heterocycles. The lowest BCUT2D eigenvalue weighted by Crippen LogP contribution is -2.42. The lowest BCUT2D eigenvalue weighted by atomic mass is 9.84. The van der Waals surface area contributed by atoms with Gasteiger partial charge in [0, 0.05) is 17.0 Å². The molecule has 176 valence electrons. The number of aliphatic hydroxyl groups excluding tert-OH is 1. The molecule has 0 radical (unpaired) electrons. The Bertz CT molecular complexity index is 1460. The molecule has 0 fully saturated rings. The summed E-state index contributed by atoms with van der Waals surface area (Å²) in [6.07, 6.45) is 4.59. The number of nitrogen functional groups attached to an aromatic ring is 1. The summed E-state index contributed by atoms with van der Waals surface area (Å²) in [6, 6.07) is 6.10. The van der Waals surface area contributed by atoms with Crippen LogP contribution in [0.15, 0.2) is 48.4 Å². The number of aryl methyl sites for hydroxylation is 1. The molecule has 0 saturated carbocycles. The number of anilines is 1. The number of rotatable bonds is 4. The summed E-state index contributed by atoms with van der Waals surface area (Å²) in [6.45, 7) is 5.45. The Morgan fingerprint density at radius 2 is 2.03 bits per heavy atom. The van der Waals surface area contributed by atoms with Crippen LogP contribution < -0.4 is 5.73 Å². The number of benzene rings is 1. The van der Waals surface area contributed by atoms with E-state index in [0.717, 1.165) is 11.1 Å². The lowest BCUT2D eigenvalue weighted by Gasteiger charge is -2.31. The number of hydrogen-bond acceptors (Lipinski definition) is 6. The smallest absolute Gasteiger partial charge is 0.144 e. The summed E-state index contributed by atoms with van der Waals surface area (Å²) in [5, 5.41) is 23.8. The van der Waals surface area contributed by atoms with Gasteiger partial charge in [0.25, 0.3) is 0 Å². The highest BCUT2D eigenvalue weighted by Gasteiger charge is 2.47. The molecule has 3 heterocycles. The zero-order chi connectivity index (χ0) is 24.4. The van der Waals surface area contributed by atoms with Crippen molar-refractivity contribution in [3.63, 3.8) is 0 Å². The van der Waals surface area contributed by atoms with E-state index in [1.165, 1.54) is 18.5 Å². The Kier molecular flexibility index (Phi) is 5.35. The van der Waals surface area contributed by atoms with Crippen LogP contribution in [0.2, 0.25) is 5.02 Å². The van der Waals surface area contributed by atoms with Crippen molar-refractivity contribution >= 4 is 39.4 Å². The third-order valence-electron chi connectivity index (χ3n) is 6.86. The second-order valence-electron chi connectivity index (χ2n) is 9.23. The molecule has 0 bridgehead atoms. The average molecular weight is 482 g/mol. The first-order valence-electron chi connectivity index (χ1n) is 11.0. The number of aliphatic hydroxyl groups is 2. The van der Waals surface area contributed by atoms with Crippen molar-refractivity contribution in [1.29, 1.82) is 0 Å². The van der Waals surface area contributed by atoms with E-state index in [1.54, 1.807) is 13.0 Å². The number of nitrogens with zero attached hydrogens (tertiary/aromatic N) is 4. The van der Waals surface area contributed by atoms with Gasteiger partial charge in [-0.25, -0.2) is 19.3 Å². The van der Waals surface area contributed by atoms with Crippen LogP contribution in [-0.4, -0.2) is 41.4 Å². The van der Waals surface area contributed by atoms with Gasteiger partial charge in [-0.05, 0) is 61.6 Å². The maximum Gasteiger partial charge on any atom is 0.144 e. The molecule has 0 amide bonds. The van der Waals surface area contributed by atoms with Crippen molar-refractivity contribution in [2.24, 2.45) is 5.92 Å². The third-order valence-corrected chi connectivity index (χ3v) is 7.16. The van der Waals surface area contributed by atoms with Crippen LogP contribution in [0.25, 0.3) is 21.9 Å². The predicted octanol–water partition coefficient (Wildman–Crippen LogP) is 4.13. The molecule has 0 saturated heterocycles. The fourth-order valence-electron chi connectivity index (χ4n) is 5.04. The van der Waals surface area contributed by atoms with Crippen molar-refractivity contribution in [1.82, 2.24) is 19.5 Å². The van der Waals surface area contributed by atoms with Gasteiger partial charge >= 0.3 is 0 Å². The molecule has 1 aromatic carbocycles. The maximum absolute atomic E-state index is 14.8. The number of fused-ring (bicyclic) bond motifs is 2. The molecular weight excluding hydrogens is 457 g/mol. The molecule has 9 heteroatoms. The summed E-state index contributed by atoms with van der Waals surface area (Å²) in [5.41, 5.74) is 7.68. The quantitative estimate of drug-likeness (QED) is 0.378. The van der Waals surface area contributed by atoms with Crippen LogP contribution in [0.4, 0.5) is 10.2 Å². The lowest BCUT2D eigenvalue weighted by molar-refractivity contribution is -0.0421. The highest BCUT2D eigenvalue weighted by molar-refractivity contribution is 6.33. The number of aromatic nitrogens is 4. The molecule has 34 heavy (non-hydrogen) atoms. The van der Waals surface area contributed by atoms with Crippen molar-refractivity contribution in [2.45, 2.75) is 44.9 Å². The van der Waals surface area contributed by atoms with Crippen LogP contribution in [0.3, 0.4) is 0 Å². The Labute approximate surface area is 200 Å². The second kappa shape index (κ2) is 8.01. The molecule has 3 aromatic heterocycles. The molecule has 4 atom stereocenters. The standard InChI is InChI=1S/C25H25ClFN5O2/c1-12(6-14-7-19(27)16-9-18(26)23(28)31-20(16)8-14)17-10-21(22(33)25(17,3)34)32-5-4-15-13(2)29-11-30-24(15)32/h4-5,7-12,21-22,33-34H,6H2,1-3H3,(H2,28,31)/t12?,21?,22-,25?/m1/s1. The van der Waals surface area contributed by atoms with Gasteiger partial charge in [-0.15, -0.1) is 0 Å². The van der Waals surface area contributed by atoms with Gasteiger partial charge in [-0.1, -0.05) is 24.6 Å². The van der Waals surface area contributed by atoms with Crippen LogP contribution >= 0.6 is 11.6 Å². The Hall–Kier alpha value is -3.07. The largest absolute Gasteiger partial charge is 0.387 e. The molecule has 5 rings (SSSR count). The normalized spacial score (nSPS) is 23.6. The van der Waals surface area contributed by atoms with E-state index in [2.05, 4.69) is 15.0 Å². The van der Waals surface area contributed by atoms with E-state index in [4.69, 9.17) is 17.3 Å². The van der Waals surface area contributed by atoms with Crippen molar-refractivity contribution in [3.8, 4) is 0 Å². The Balaban J connectivity index is 1.50. The summed E-state index contributed by atoms with van der Waals surface area (Å²) in [7, 11) is 0. The topological polar surface area (TPSA) is 110 Å². The van der Waals surface area contributed by atoms with Crippen molar-refractivity contribution in [2.75, 3.05) is 5.73 Å². The number of hydrogen-bond donors (Lipinski definition) is 3. The second-order valence-corrected chi connectivity index (χ2v) is 9.64. The molecule has 3 unspecified atom stereocenters. The highest BCUT2D eigenvalue weighted by Crippen LogP contribution is 2.43. The highest BCUT2D eigenvalue weighted by atomic mass is 35.5. The Morgan fingerprint density at radius 1 is 1.26 bits per heavy atom. The number of halogens is 2. The van der Waals surface area contributed by atoms with E-state index in [0.29, 0.717) is 34.1 Å². The van der Waals surface area contributed by atoms with Gasteiger partial charge in [0.15, 0.2) is 0 Å². The van der Waals surface area contributed by atoms with E-state index in [9.17, 15) is 14.6 Å².